The van der Waals surface area contributed by atoms with Crippen molar-refractivity contribution < 1.29 is 23.5 Å². The monoisotopic (exact) mass is 432 g/mol. The highest BCUT2D eigenvalue weighted by molar-refractivity contribution is 6.47. The van der Waals surface area contributed by atoms with Crippen LogP contribution in [0.15, 0.2) is 16.8 Å². The van der Waals surface area contributed by atoms with Crippen molar-refractivity contribution in [2.45, 2.75) is 108 Å². The smallest absolute Gasteiger partial charge is 0.402 e. The zero-order valence-electron chi connectivity index (χ0n) is 19.5. The van der Waals surface area contributed by atoms with Gasteiger partial charge in [-0.15, -0.1) is 0 Å². The number of hydrazone groups is 1. The number of rotatable bonds is 3. The summed E-state index contributed by atoms with van der Waals surface area (Å²) in [5.74, 6) is -0.333. The maximum atomic E-state index is 6.43. The molecule has 3 fully saturated rings. The van der Waals surface area contributed by atoms with Gasteiger partial charge in [-0.1, -0.05) is 6.08 Å². The van der Waals surface area contributed by atoms with E-state index in [4.69, 9.17) is 28.6 Å². The molecule has 0 aromatic carbocycles. The molecule has 4 aliphatic heterocycles. The fourth-order valence-electron chi connectivity index (χ4n) is 5.25. The van der Waals surface area contributed by atoms with Gasteiger partial charge in [-0.25, -0.2) is 0 Å². The summed E-state index contributed by atoms with van der Waals surface area (Å²) in [7, 11) is -0.301. The first-order chi connectivity index (χ1) is 14.8. The van der Waals surface area contributed by atoms with E-state index in [0.717, 1.165) is 51.6 Å². The average molecular weight is 432 g/mol. The maximum Gasteiger partial charge on any atom is 0.483 e. The minimum Gasteiger partial charge on any atom is -0.402 e. The van der Waals surface area contributed by atoms with Crippen molar-refractivity contribution in [1.82, 2.24) is 5.01 Å². The molecule has 1 aliphatic carbocycles. The average Bonchev–Trinajstić information content (AvgIpc) is 3.30. The highest BCUT2D eigenvalue weighted by Gasteiger charge is 2.56. The normalized spacial score (nSPS) is 34.7. The maximum absolute atomic E-state index is 6.43. The number of nitrogens with zero attached hydrogens (tertiary/aromatic N) is 2. The Labute approximate surface area is 186 Å². The molecule has 0 amide bonds. The molecule has 2 unspecified atom stereocenters. The fraction of sp³-hybridized carbons (Fsp3) is 0.870. The second-order valence-corrected chi connectivity index (χ2v) is 10.5. The third kappa shape index (κ3) is 4.10. The molecule has 1 spiro atoms. The van der Waals surface area contributed by atoms with Crippen LogP contribution in [0.4, 0.5) is 0 Å². The number of hydrogen-bond donors (Lipinski definition) is 0. The van der Waals surface area contributed by atoms with Crippen molar-refractivity contribution in [3.8, 4) is 0 Å². The summed E-state index contributed by atoms with van der Waals surface area (Å²) in [6, 6.07) is 0. The zero-order chi connectivity index (χ0) is 21.7. The summed E-state index contributed by atoms with van der Waals surface area (Å²) in [4.78, 5) is 0. The Morgan fingerprint density at radius 3 is 2.32 bits per heavy atom. The van der Waals surface area contributed by atoms with E-state index in [1.807, 2.05) is 0 Å². The standard InChI is InChI=1S/C23H37BN2O5/c1-21(2)22(3,4)31-24(30-21)19-9-8-18(25-26(19)20-7-5-6-14-27-20)17-10-12-23(13-11-17)28-15-16-29-23/h10,19-20H,5-9,11-16H2,1-4H3. The second kappa shape index (κ2) is 8.14. The first-order valence-corrected chi connectivity index (χ1v) is 12.1. The minimum absolute atomic E-state index is 0.00916. The van der Waals surface area contributed by atoms with Crippen molar-refractivity contribution in [1.29, 1.82) is 0 Å². The van der Waals surface area contributed by atoms with Crippen LogP contribution in [0, 0.1) is 0 Å². The predicted octanol–water partition coefficient (Wildman–Crippen LogP) is 3.82. The van der Waals surface area contributed by atoms with E-state index in [0.29, 0.717) is 13.2 Å². The Morgan fingerprint density at radius 2 is 1.71 bits per heavy atom. The summed E-state index contributed by atoms with van der Waals surface area (Å²) < 4.78 is 30.8. The van der Waals surface area contributed by atoms with Crippen molar-refractivity contribution >= 4 is 12.8 Å². The second-order valence-electron chi connectivity index (χ2n) is 10.5. The lowest BCUT2D eigenvalue weighted by Crippen LogP contribution is -2.54. The van der Waals surface area contributed by atoms with Crippen LogP contribution in [0.2, 0.25) is 0 Å². The molecule has 0 bridgehead atoms. The van der Waals surface area contributed by atoms with Crippen molar-refractivity contribution in [3.63, 3.8) is 0 Å². The number of hydrogen-bond acceptors (Lipinski definition) is 7. The highest BCUT2D eigenvalue weighted by Crippen LogP contribution is 2.41. The van der Waals surface area contributed by atoms with Gasteiger partial charge in [0.1, 0.15) is 6.23 Å². The van der Waals surface area contributed by atoms with Gasteiger partial charge in [0, 0.05) is 19.4 Å². The molecular weight excluding hydrogens is 395 g/mol. The molecule has 4 heterocycles. The molecular formula is C23H37BN2O5. The first-order valence-electron chi connectivity index (χ1n) is 12.1. The molecule has 7 nitrogen and oxygen atoms in total. The SMILES string of the molecule is CC1(C)OB(C2CCC(C3=CCC4(CC3)OCCO4)=NN2C2CCCCO2)OC1(C)C. The molecule has 31 heavy (non-hydrogen) atoms. The van der Waals surface area contributed by atoms with Gasteiger partial charge >= 0.3 is 7.12 Å². The van der Waals surface area contributed by atoms with Crippen LogP contribution in [0.1, 0.15) is 79.1 Å². The van der Waals surface area contributed by atoms with Gasteiger partial charge in [-0.05, 0) is 71.8 Å². The molecule has 0 aromatic rings. The van der Waals surface area contributed by atoms with Gasteiger partial charge < -0.3 is 23.5 Å². The summed E-state index contributed by atoms with van der Waals surface area (Å²) in [6.07, 6.45) is 10.1. The summed E-state index contributed by atoms with van der Waals surface area (Å²) >= 11 is 0. The molecule has 5 aliphatic rings. The highest BCUT2D eigenvalue weighted by atomic mass is 16.7. The van der Waals surface area contributed by atoms with E-state index in [1.54, 1.807) is 0 Å². The van der Waals surface area contributed by atoms with Crippen LogP contribution >= 0.6 is 0 Å². The van der Waals surface area contributed by atoms with Gasteiger partial charge in [0.15, 0.2) is 5.79 Å². The molecule has 8 heteroatoms. The van der Waals surface area contributed by atoms with Crippen LogP contribution in [-0.2, 0) is 23.5 Å². The van der Waals surface area contributed by atoms with Crippen LogP contribution < -0.4 is 0 Å². The fourth-order valence-corrected chi connectivity index (χ4v) is 5.25. The van der Waals surface area contributed by atoms with Gasteiger partial charge in [-0.3, -0.25) is 5.01 Å². The van der Waals surface area contributed by atoms with Gasteiger partial charge in [0.2, 0.25) is 0 Å². The lowest BCUT2D eigenvalue weighted by molar-refractivity contribution is -0.161. The van der Waals surface area contributed by atoms with Crippen molar-refractivity contribution in [2.24, 2.45) is 5.10 Å². The van der Waals surface area contributed by atoms with E-state index in [9.17, 15) is 0 Å². The van der Waals surface area contributed by atoms with E-state index >= 15 is 0 Å². The van der Waals surface area contributed by atoms with Crippen molar-refractivity contribution in [3.05, 3.63) is 11.6 Å². The molecule has 0 N–H and O–H groups in total. The molecule has 2 atom stereocenters. The van der Waals surface area contributed by atoms with Crippen LogP contribution in [0.5, 0.6) is 0 Å². The molecule has 0 saturated carbocycles. The third-order valence-corrected chi connectivity index (χ3v) is 7.91. The van der Waals surface area contributed by atoms with E-state index < -0.39 is 5.79 Å². The van der Waals surface area contributed by atoms with Crippen LogP contribution in [0.3, 0.4) is 0 Å². The molecule has 0 aromatic heterocycles. The minimum atomic E-state index is -0.393. The molecule has 172 valence electrons. The van der Waals surface area contributed by atoms with Crippen LogP contribution in [0.25, 0.3) is 0 Å². The van der Waals surface area contributed by atoms with Gasteiger partial charge in [0.05, 0.1) is 36.1 Å². The molecule has 0 radical (unpaired) electrons. The summed E-state index contributed by atoms with van der Waals surface area (Å²) in [6.45, 7) is 10.6. The molecule has 5 rings (SSSR count). The van der Waals surface area contributed by atoms with E-state index in [1.165, 1.54) is 17.7 Å². The van der Waals surface area contributed by atoms with Crippen LogP contribution in [-0.4, -0.2) is 66.8 Å². The predicted molar refractivity (Wildman–Crippen MR) is 119 cm³/mol. The van der Waals surface area contributed by atoms with E-state index in [-0.39, 0.29) is 30.5 Å². The lowest BCUT2D eigenvalue weighted by Gasteiger charge is -2.42. The molecule has 3 saturated heterocycles. The van der Waals surface area contributed by atoms with Gasteiger partial charge in [0.25, 0.3) is 0 Å². The Bertz CT molecular complexity index is 724. The zero-order valence-corrected chi connectivity index (χ0v) is 19.5. The largest absolute Gasteiger partial charge is 0.483 e. The Kier molecular flexibility index (Phi) is 5.75. The Hall–Kier alpha value is -0.925. The first kappa shape index (κ1) is 21.9. The summed E-state index contributed by atoms with van der Waals surface area (Å²) in [5, 5.41) is 7.36. The Morgan fingerprint density at radius 1 is 0.968 bits per heavy atom. The third-order valence-electron chi connectivity index (χ3n) is 7.91. The number of allylic oxidation sites excluding steroid dienone is 1. The number of ether oxygens (including phenoxy) is 3. The van der Waals surface area contributed by atoms with Gasteiger partial charge in [-0.2, -0.15) is 5.10 Å². The topological polar surface area (TPSA) is 61.8 Å². The quantitative estimate of drug-likeness (QED) is 0.632. The summed E-state index contributed by atoms with van der Waals surface area (Å²) in [5.41, 5.74) is 1.82. The lowest BCUT2D eigenvalue weighted by atomic mass is 9.73. The van der Waals surface area contributed by atoms with Crippen molar-refractivity contribution in [2.75, 3.05) is 19.8 Å². The van der Waals surface area contributed by atoms with E-state index in [2.05, 4.69) is 38.8 Å². The Balaban J connectivity index is 1.37.